The number of likely N-dealkylation sites (N-methyl/N-ethyl adjacent to an activating group) is 1. The average molecular weight is 619 g/mol. The van der Waals surface area contributed by atoms with Crippen LogP contribution in [0.1, 0.15) is 61.4 Å². The fraction of sp³-hybridized carbons (Fsp3) is 0.581. The molecule has 0 aliphatic heterocycles. The first-order chi connectivity index (χ1) is 19.3. The van der Waals surface area contributed by atoms with E-state index in [1.807, 2.05) is 49.7 Å². The number of pyridine rings is 1. The van der Waals surface area contributed by atoms with Crippen molar-refractivity contribution in [3.63, 3.8) is 0 Å². The Bertz CT molecular complexity index is 1390. The Kier molecular flexibility index (Phi) is 10.3. The van der Waals surface area contributed by atoms with Gasteiger partial charge in [-0.15, -0.1) is 0 Å². The highest BCUT2D eigenvalue weighted by molar-refractivity contribution is 6.74. The standard InChI is InChI=1S/C31H47ClN4O5Si/c1-20(2)36-28-25(17-33-36)26(32)16-27(34-28)21-13-22(38-10)15-23(14-21)39-19-24(41-42(11,12)31(6,7)8)18-35(9)29(37)40-30(3,4)5/h13-17,20,24H,18-19H2,1-12H3. The molecule has 1 aromatic carbocycles. The van der Waals surface area contributed by atoms with Crippen LogP contribution in [0, 0.1) is 0 Å². The smallest absolute Gasteiger partial charge is 0.410 e. The summed E-state index contributed by atoms with van der Waals surface area (Å²) in [4.78, 5) is 19.2. The van der Waals surface area contributed by atoms with Crippen molar-refractivity contribution in [2.75, 3.05) is 27.3 Å². The number of methoxy groups -OCH3 is 1. The maximum atomic E-state index is 12.8. The summed E-state index contributed by atoms with van der Waals surface area (Å²) in [5, 5.41) is 5.81. The number of rotatable bonds is 10. The molecular weight excluding hydrogens is 572 g/mol. The van der Waals surface area contributed by atoms with Crippen LogP contribution in [0.4, 0.5) is 4.79 Å². The van der Waals surface area contributed by atoms with Crippen molar-refractivity contribution in [1.82, 2.24) is 19.7 Å². The lowest BCUT2D eigenvalue weighted by molar-refractivity contribution is 0.0172. The van der Waals surface area contributed by atoms with Crippen LogP contribution < -0.4 is 9.47 Å². The zero-order valence-corrected chi connectivity index (χ0v) is 28.9. The van der Waals surface area contributed by atoms with Crippen LogP contribution >= 0.6 is 11.6 Å². The average Bonchev–Trinajstić information content (AvgIpc) is 3.30. The molecule has 1 atom stereocenters. The van der Waals surface area contributed by atoms with Crippen LogP contribution in [0.15, 0.2) is 30.5 Å². The van der Waals surface area contributed by atoms with Crippen molar-refractivity contribution >= 4 is 37.0 Å². The molecule has 9 nitrogen and oxygen atoms in total. The van der Waals surface area contributed by atoms with E-state index in [1.54, 1.807) is 25.3 Å². The second-order valence-corrected chi connectivity index (χ2v) is 18.6. The fourth-order valence-corrected chi connectivity index (χ4v) is 5.62. The quantitative estimate of drug-likeness (QED) is 0.213. The van der Waals surface area contributed by atoms with E-state index in [4.69, 9.17) is 35.2 Å². The van der Waals surface area contributed by atoms with Gasteiger partial charge in [0, 0.05) is 24.7 Å². The molecule has 2 heterocycles. The molecule has 0 bridgehead atoms. The highest BCUT2D eigenvalue weighted by Gasteiger charge is 2.40. The Morgan fingerprint density at radius 3 is 2.29 bits per heavy atom. The van der Waals surface area contributed by atoms with Crippen LogP contribution in [0.2, 0.25) is 23.2 Å². The SMILES string of the molecule is COc1cc(OCC(CN(C)C(=O)OC(C)(C)C)O[Si](C)(C)C(C)(C)C)cc(-c2cc(Cl)c3cnn(C(C)C)c3n2)c1. The number of carbonyl (C=O) groups is 1. The van der Waals surface area contributed by atoms with Crippen molar-refractivity contribution in [3.05, 3.63) is 35.5 Å². The van der Waals surface area contributed by atoms with Crippen molar-refractivity contribution in [2.24, 2.45) is 0 Å². The van der Waals surface area contributed by atoms with E-state index in [2.05, 4.69) is 52.8 Å². The van der Waals surface area contributed by atoms with Gasteiger partial charge in [0.15, 0.2) is 14.0 Å². The number of ether oxygens (including phenoxy) is 3. The van der Waals surface area contributed by atoms with E-state index >= 15 is 0 Å². The van der Waals surface area contributed by atoms with Crippen LogP contribution in [0.3, 0.4) is 0 Å². The largest absolute Gasteiger partial charge is 0.497 e. The third-order valence-corrected chi connectivity index (χ3v) is 12.2. The van der Waals surface area contributed by atoms with E-state index in [0.717, 1.165) is 10.9 Å². The molecule has 1 amide bonds. The number of hydrogen-bond acceptors (Lipinski definition) is 7. The van der Waals surface area contributed by atoms with Crippen molar-refractivity contribution in [3.8, 4) is 22.8 Å². The molecule has 42 heavy (non-hydrogen) atoms. The minimum Gasteiger partial charge on any atom is -0.497 e. The van der Waals surface area contributed by atoms with E-state index in [0.29, 0.717) is 34.4 Å². The molecule has 11 heteroatoms. The monoisotopic (exact) mass is 618 g/mol. The predicted molar refractivity (Wildman–Crippen MR) is 171 cm³/mol. The van der Waals surface area contributed by atoms with E-state index in [-0.39, 0.29) is 23.8 Å². The zero-order chi connectivity index (χ0) is 31.6. The highest BCUT2D eigenvalue weighted by Crippen LogP contribution is 2.38. The zero-order valence-electron chi connectivity index (χ0n) is 27.2. The van der Waals surface area contributed by atoms with Crippen LogP contribution in [-0.2, 0) is 9.16 Å². The summed E-state index contributed by atoms with van der Waals surface area (Å²) in [5.41, 5.74) is 1.59. The number of carbonyl (C=O) groups excluding carboxylic acids is 1. The number of amides is 1. The lowest BCUT2D eigenvalue weighted by atomic mass is 10.1. The van der Waals surface area contributed by atoms with Crippen molar-refractivity contribution < 1.29 is 23.4 Å². The summed E-state index contributed by atoms with van der Waals surface area (Å²) in [5.74, 6) is 1.20. The third-order valence-electron chi connectivity index (χ3n) is 7.30. The molecular formula is C31H47ClN4O5Si. The topological polar surface area (TPSA) is 87.9 Å². The van der Waals surface area contributed by atoms with Gasteiger partial charge >= 0.3 is 6.09 Å². The summed E-state index contributed by atoms with van der Waals surface area (Å²) in [7, 11) is 1.13. The second-order valence-electron chi connectivity index (χ2n) is 13.5. The number of benzene rings is 1. The maximum absolute atomic E-state index is 12.8. The summed E-state index contributed by atoms with van der Waals surface area (Å²) >= 11 is 6.65. The Morgan fingerprint density at radius 2 is 1.71 bits per heavy atom. The van der Waals surface area contributed by atoms with Crippen LogP contribution in [0.25, 0.3) is 22.3 Å². The lowest BCUT2D eigenvalue weighted by Gasteiger charge is -2.40. The normalized spacial score (nSPS) is 13.4. The van der Waals surface area contributed by atoms with Gasteiger partial charge < -0.3 is 23.5 Å². The summed E-state index contributed by atoms with van der Waals surface area (Å²) in [6.07, 6.45) is 0.946. The van der Waals surface area contributed by atoms with Crippen LogP contribution in [0.5, 0.6) is 11.5 Å². The molecule has 1 unspecified atom stereocenters. The number of fused-ring (bicyclic) bond motifs is 1. The Balaban J connectivity index is 1.92. The predicted octanol–water partition coefficient (Wildman–Crippen LogP) is 7.98. The molecule has 0 aliphatic rings. The molecule has 0 aliphatic carbocycles. The molecule has 0 fully saturated rings. The molecule has 2 aromatic heterocycles. The number of aromatic nitrogens is 3. The van der Waals surface area contributed by atoms with Gasteiger partial charge in [0.05, 0.1) is 42.1 Å². The number of nitrogens with zero attached hydrogens (tertiary/aromatic N) is 4. The number of halogens is 1. The lowest BCUT2D eigenvalue weighted by Crippen LogP contribution is -2.49. The molecule has 3 aromatic rings. The second kappa shape index (κ2) is 12.8. The van der Waals surface area contributed by atoms with Gasteiger partial charge in [0.1, 0.15) is 23.7 Å². The van der Waals surface area contributed by atoms with Gasteiger partial charge in [-0.2, -0.15) is 5.10 Å². The van der Waals surface area contributed by atoms with Gasteiger partial charge in [0.25, 0.3) is 0 Å². The molecule has 3 rings (SSSR count). The van der Waals surface area contributed by atoms with E-state index < -0.39 is 20.0 Å². The Labute approximate surface area is 256 Å². The molecule has 0 spiro atoms. The summed E-state index contributed by atoms with van der Waals surface area (Å²) < 4.78 is 26.1. The summed E-state index contributed by atoms with van der Waals surface area (Å²) in [6.45, 7) is 21.1. The minimum atomic E-state index is -2.19. The molecule has 0 N–H and O–H groups in total. The Hall–Kier alpha value is -2.82. The molecule has 0 radical (unpaired) electrons. The van der Waals surface area contributed by atoms with E-state index in [1.165, 1.54) is 0 Å². The maximum Gasteiger partial charge on any atom is 0.410 e. The first kappa shape index (κ1) is 33.7. The Morgan fingerprint density at radius 1 is 1.07 bits per heavy atom. The molecule has 0 saturated carbocycles. The number of hydrogen-bond donors (Lipinski definition) is 0. The van der Waals surface area contributed by atoms with Gasteiger partial charge in [-0.1, -0.05) is 32.4 Å². The van der Waals surface area contributed by atoms with Gasteiger partial charge in [0.2, 0.25) is 0 Å². The van der Waals surface area contributed by atoms with Crippen LogP contribution in [-0.4, -0.2) is 73.1 Å². The van der Waals surface area contributed by atoms with Gasteiger partial charge in [-0.3, -0.25) is 0 Å². The minimum absolute atomic E-state index is 0.0229. The summed E-state index contributed by atoms with van der Waals surface area (Å²) in [6, 6.07) is 7.58. The van der Waals surface area contributed by atoms with Crippen molar-refractivity contribution in [2.45, 2.75) is 91.3 Å². The molecule has 232 valence electrons. The van der Waals surface area contributed by atoms with E-state index in [9.17, 15) is 4.79 Å². The highest BCUT2D eigenvalue weighted by atomic mass is 35.5. The van der Waals surface area contributed by atoms with Gasteiger partial charge in [-0.05, 0) is 71.0 Å². The third kappa shape index (κ3) is 8.38. The fourth-order valence-electron chi connectivity index (χ4n) is 4.05. The first-order valence-electron chi connectivity index (χ1n) is 14.3. The van der Waals surface area contributed by atoms with Gasteiger partial charge in [-0.25, -0.2) is 14.5 Å². The van der Waals surface area contributed by atoms with Crippen molar-refractivity contribution in [1.29, 1.82) is 0 Å². The first-order valence-corrected chi connectivity index (χ1v) is 17.6. The molecule has 0 saturated heterocycles.